The number of amides is 2. The number of esters is 1. The van der Waals surface area contributed by atoms with Crippen LogP contribution < -0.4 is 4.72 Å². The summed E-state index contributed by atoms with van der Waals surface area (Å²) in [7, 11) is -3.82. The van der Waals surface area contributed by atoms with Crippen molar-refractivity contribution in [1.29, 1.82) is 0 Å². The van der Waals surface area contributed by atoms with Gasteiger partial charge in [0.15, 0.2) is 0 Å². The molecule has 1 N–H and O–H groups in total. The van der Waals surface area contributed by atoms with E-state index in [9.17, 15) is 22.8 Å². The highest BCUT2D eigenvalue weighted by Crippen LogP contribution is 2.18. The van der Waals surface area contributed by atoms with Gasteiger partial charge in [0, 0.05) is 25.6 Å². The molecule has 150 valence electrons. The van der Waals surface area contributed by atoms with Gasteiger partial charge >= 0.3 is 5.97 Å². The van der Waals surface area contributed by atoms with Gasteiger partial charge in [-0.3, -0.25) is 19.2 Å². The summed E-state index contributed by atoms with van der Waals surface area (Å²) < 4.78 is 33.5. The summed E-state index contributed by atoms with van der Waals surface area (Å²) in [6.07, 6.45) is 3.83. The first kappa shape index (κ1) is 19.8. The maximum absolute atomic E-state index is 12.4. The largest absolute Gasteiger partial charge is 0.462 e. The van der Waals surface area contributed by atoms with Crippen LogP contribution in [0.2, 0.25) is 0 Å². The Balaban J connectivity index is 1.73. The predicted molar refractivity (Wildman–Crippen MR) is 99.1 cm³/mol. The number of hydrogen-bond acceptors (Lipinski definition) is 7. The number of likely N-dealkylation sites (tertiary alicyclic amines) is 1. The molecule has 1 aliphatic heterocycles. The van der Waals surface area contributed by atoms with E-state index in [0.29, 0.717) is 11.9 Å². The Morgan fingerprint density at radius 3 is 2.68 bits per heavy atom. The lowest BCUT2D eigenvalue weighted by Crippen LogP contribution is -2.43. The van der Waals surface area contributed by atoms with E-state index < -0.39 is 21.7 Å². The summed E-state index contributed by atoms with van der Waals surface area (Å²) in [6, 6.07) is 2.96. The number of piperidine rings is 1. The second-order valence-electron chi connectivity index (χ2n) is 6.24. The number of nitrogens with zero attached hydrogens (tertiary/aromatic N) is 3. The van der Waals surface area contributed by atoms with E-state index in [4.69, 9.17) is 4.74 Å². The summed E-state index contributed by atoms with van der Waals surface area (Å²) in [4.78, 5) is 36.5. The molecule has 0 spiro atoms. The normalized spacial score (nSPS) is 15.1. The summed E-state index contributed by atoms with van der Waals surface area (Å²) in [5.74, 6) is -1.68. The Labute approximate surface area is 161 Å². The van der Waals surface area contributed by atoms with Gasteiger partial charge < -0.3 is 4.74 Å². The SMILES string of the molecule is CCOC(=O)c1cnn2ccc(NS(=O)(=O)CCN3C(=O)CCCC3=O)cc12. The van der Waals surface area contributed by atoms with E-state index in [2.05, 4.69) is 9.82 Å². The maximum atomic E-state index is 12.4. The Bertz CT molecular complexity index is 1010. The lowest BCUT2D eigenvalue weighted by Gasteiger charge is -2.24. The van der Waals surface area contributed by atoms with Gasteiger partial charge in [-0.05, 0) is 25.5 Å². The Morgan fingerprint density at radius 1 is 1.29 bits per heavy atom. The van der Waals surface area contributed by atoms with Crippen LogP contribution in [0.15, 0.2) is 24.5 Å². The number of hydrogen-bond donors (Lipinski definition) is 1. The first-order chi connectivity index (χ1) is 13.3. The molecule has 2 aromatic heterocycles. The lowest BCUT2D eigenvalue weighted by molar-refractivity contribution is -0.147. The van der Waals surface area contributed by atoms with Gasteiger partial charge in [0.2, 0.25) is 21.8 Å². The third-order valence-corrected chi connectivity index (χ3v) is 5.52. The molecule has 0 radical (unpaired) electrons. The van der Waals surface area contributed by atoms with Gasteiger partial charge in [0.1, 0.15) is 5.56 Å². The molecule has 1 fully saturated rings. The summed E-state index contributed by atoms with van der Waals surface area (Å²) in [5, 5.41) is 4.03. The van der Waals surface area contributed by atoms with Crippen molar-refractivity contribution in [2.45, 2.75) is 26.2 Å². The van der Waals surface area contributed by atoms with Crippen molar-refractivity contribution >= 4 is 39.0 Å². The molecule has 0 saturated carbocycles. The number of carbonyl (C=O) groups is 3. The Kier molecular flexibility index (Phi) is 5.63. The minimum atomic E-state index is -3.82. The number of pyridine rings is 1. The molecule has 2 aromatic rings. The van der Waals surface area contributed by atoms with Crippen molar-refractivity contribution < 1.29 is 27.5 Å². The number of rotatable bonds is 7. The van der Waals surface area contributed by atoms with Gasteiger partial charge in [0.05, 0.1) is 29.8 Å². The highest BCUT2D eigenvalue weighted by molar-refractivity contribution is 7.92. The van der Waals surface area contributed by atoms with E-state index in [0.717, 1.165) is 4.90 Å². The van der Waals surface area contributed by atoms with Crippen molar-refractivity contribution in [2.24, 2.45) is 0 Å². The summed E-state index contributed by atoms with van der Waals surface area (Å²) in [6.45, 7) is 1.69. The van der Waals surface area contributed by atoms with E-state index >= 15 is 0 Å². The summed E-state index contributed by atoms with van der Waals surface area (Å²) >= 11 is 0. The average molecular weight is 408 g/mol. The standard InChI is InChI=1S/C17H20N4O6S/c1-2-27-17(24)13-11-18-21-7-6-12(10-14(13)21)19-28(25,26)9-8-20-15(22)4-3-5-16(20)23/h6-7,10-11,19H,2-5,8-9H2,1H3. The molecule has 28 heavy (non-hydrogen) atoms. The summed E-state index contributed by atoms with van der Waals surface area (Å²) in [5.41, 5.74) is 0.835. The van der Waals surface area contributed by atoms with Crippen LogP contribution in [0.1, 0.15) is 36.5 Å². The topological polar surface area (TPSA) is 127 Å². The molecule has 3 heterocycles. The van der Waals surface area contributed by atoms with E-state index in [1.807, 2.05) is 0 Å². The van der Waals surface area contributed by atoms with Crippen LogP contribution in [-0.2, 0) is 24.3 Å². The number of ether oxygens (including phenoxy) is 1. The monoisotopic (exact) mass is 408 g/mol. The highest BCUT2D eigenvalue weighted by atomic mass is 32.2. The number of nitrogens with one attached hydrogen (secondary N) is 1. The smallest absolute Gasteiger partial charge is 0.341 e. The molecular formula is C17H20N4O6S. The molecule has 10 nitrogen and oxygen atoms in total. The third-order valence-electron chi connectivity index (χ3n) is 4.26. The Morgan fingerprint density at radius 2 is 2.00 bits per heavy atom. The quantitative estimate of drug-likeness (QED) is 0.530. The van der Waals surface area contributed by atoms with Crippen molar-refractivity contribution in [3.8, 4) is 0 Å². The number of anilines is 1. The molecule has 0 aliphatic carbocycles. The lowest BCUT2D eigenvalue weighted by atomic mass is 10.1. The average Bonchev–Trinajstić information content (AvgIpc) is 3.04. The van der Waals surface area contributed by atoms with Gasteiger partial charge in [-0.2, -0.15) is 5.10 Å². The van der Waals surface area contributed by atoms with Gasteiger partial charge in [-0.15, -0.1) is 0 Å². The molecule has 3 rings (SSSR count). The zero-order chi connectivity index (χ0) is 20.3. The van der Waals surface area contributed by atoms with Crippen LogP contribution in [0.4, 0.5) is 5.69 Å². The van der Waals surface area contributed by atoms with E-state index in [1.54, 1.807) is 6.92 Å². The number of carbonyl (C=O) groups excluding carboxylic acids is 3. The fraction of sp³-hybridized carbons (Fsp3) is 0.412. The minimum absolute atomic E-state index is 0.198. The second-order valence-corrected chi connectivity index (χ2v) is 8.08. The third kappa shape index (κ3) is 4.30. The highest BCUT2D eigenvalue weighted by Gasteiger charge is 2.27. The van der Waals surface area contributed by atoms with Gasteiger partial charge in [-0.25, -0.2) is 17.7 Å². The van der Waals surface area contributed by atoms with Crippen molar-refractivity contribution in [3.63, 3.8) is 0 Å². The first-order valence-electron chi connectivity index (χ1n) is 8.79. The zero-order valence-electron chi connectivity index (χ0n) is 15.3. The van der Waals surface area contributed by atoms with Crippen LogP contribution in [0, 0.1) is 0 Å². The number of fused-ring (bicyclic) bond motifs is 1. The van der Waals surface area contributed by atoms with Crippen LogP contribution in [0.5, 0.6) is 0 Å². The second kappa shape index (κ2) is 7.97. The van der Waals surface area contributed by atoms with Crippen molar-refractivity contribution in [1.82, 2.24) is 14.5 Å². The first-order valence-corrected chi connectivity index (χ1v) is 10.4. The molecule has 1 aliphatic rings. The van der Waals surface area contributed by atoms with Crippen LogP contribution in [-0.4, -0.2) is 59.6 Å². The number of aromatic nitrogens is 2. The van der Waals surface area contributed by atoms with Crippen LogP contribution >= 0.6 is 0 Å². The molecule has 11 heteroatoms. The van der Waals surface area contributed by atoms with Gasteiger partial charge in [-0.1, -0.05) is 0 Å². The molecule has 2 amide bonds. The van der Waals surface area contributed by atoms with E-state index in [-0.39, 0.29) is 49.1 Å². The molecular weight excluding hydrogens is 388 g/mol. The molecule has 0 bridgehead atoms. The molecule has 0 unspecified atom stereocenters. The minimum Gasteiger partial charge on any atom is -0.462 e. The molecule has 0 aromatic carbocycles. The van der Waals surface area contributed by atoms with Crippen molar-refractivity contribution in [3.05, 3.63) is 30.1 Å². The Hall–Kier alpha value is -2.95. The molecule has 0 atom stereocenters. The number of sulfonamides is 1. The molecule has 1 saturated heterocycles. The number of imide groups is 1. The predicted octanol–water partition coefficient (Wildman–Crippen LogP) is 0.792. The van der Waals surface area contributed by atoms with Crippen molar-refractivity contribution in [2.75, 3.05) is 23.6 Å². The van der Waals surface area contributed by atoms with Crippen LogP contribution in [0.25, 0.3) is 5.52 Å². The zero-order valence-corrected chi connectivity index (χ0v) is 16.1. The van der Waals surface area contributed by atoms with Crippen LogP contribution in [0.3, 0.4) is 0 Å². The van der Waals surface area contributed by atoms with Gasteiger partial charge in [0.25, 0.3) is 0 Å². The van der Waals surface area contributed by atoms with E-state index in [1.165, 1.54) is 29.0 Å². The fourth-order valence-electron chi connectivity index (χ4n) is 2.90. The maximum Gasteiger partial charge on any atom is 0.341 e. The fourth-order valence-corrected chi connectivity index (χ4v) is 3.91.